The molecule has 0 aliphatic rings. The van der Waals surface area contributed by atoms with Gasteiger partial charge in [0.15, 0.2) is 5.16 Å². The molecule has 0 radical (unpaired) electrons. The van der Waals surface area contributed by atoms with Gasteiger partial charge in [-0.2, -0.15) is 0 Å². The van der Waals surface area contributed by atoms with E-state index in [2.05, 4.69) is 59.9 Å². The Labute approximate surface area is 159 Å². The van der Waals surface area contributed by atoms with Gasteiger partial charge in [0.1, 0.15) is 0 Å². The number of anilines is 1. The number of benzene rings is 2. The van der Waals surface area contributed by atoms with Gasteiger partial charge in [0, 0.05) is 12.2 Å². The van der Waals surface area contributed by atoms with E-state index in [-0.39, 0.29) is 5.91 Å². The fourth-order valence-electron chi connectivity index (χ4n) is 3.18. The molecular formula is C21H25N3OS. The van der Waals surface area contributed by atoms with Crippen molar-refractivity contribution < 1.29 is 4.79 Å². The minimum Gasteiger partial charge on any atom is -0.325 e. The summed E-state index contributed by atoms with van der Waals surface area (Å²) < 4.78 is 2.16. The number of thioether (sulfide) groups is 1. The maximum Gasteiger partial charge on any atom is 0.234 e. The molecule has 3 aromatic rings. The summed E-state index contributed by atoms with van der Waals surface area (Å²) in [5.74, 6) is 0.366. The summed E-state index contributed by atoms with van der Waals surface area (Å²) in [5, 5.41) is 4.02. The number of fused-ring (bicyclic) bond motifs is 1. The van der Waals surface area contributed by atoms with Crippen LogP contribution in [-0.2, 0) is 24.2 Å². The van der Waals surface area contributed by atoms with Gasteiger partial charge in [0.25, 0.3) is 0 Å². The summed E-state index contributed by atoms with van der Waals surface area (Å²) in [6, 6.07) is 14.3. The van der Waals surface area contributed by atoms with Crippen LogP contribution in [0.1, 0.15) is 31.9 Å². The van der Waals surface area contributed by atoms with Crippen molar-refractivity contribution in [3.05, 3.63) is 53.6 Å². The molecule has 0 saturated carbocycles. The second-order valence-corrected chi connectivity index (χ2v) is 7.07. The van der Waals surface area contributed by atoms with E-state index in [1.165, 1.54) is 22.9 Å². The molecule has 0 aliphatic heterocycles. The van der Waals surface area contributed by atoms with Gasteiger partial charge in [-0.15, -0.1) is 0 Å². The maximum atomic E-state index is 12.6. The lowest BCUT2D eigenvalue weighted by atomic mass is 10.0. The third-order valence-corrected chi connectivity index (χ3v) is 5.51. The van der Waals surface area contributed by atoms with E-state index in [9.17, 15) is 4.79 Å². The van der Waals surface area contributed by atoms with E-state index in [4.69, 9.17) is 0 Å². The molecule has 0 unspecified atom stereocenters. The molecule has 0 bridgehead atoms. The summed E-state index contributed by atoms with van der Waals surface area (Å²) >= 11 is 1.49. The second kappa shape index (κ2) is 8.41. The van der Waals surface area contributed by atoms with E-state index >= 15 is 0 Å². The van der Waals surface area contributed by atoms with Gasteiger partial charge in [0.05, 0.1) is 16.8 Å². The van der Waals surface area contributed by atoms with Crippen LogP contribution in [0.25, 0.3) is 11.0 Å². The van der Waals surface area contributed by atoms with Crippen LogP contribution in [0.4, 0.5) is 5.69 Å². The highest BCUT2D eigenvalue weighted by Gasteiger charge is 2.14. The van der Waals surface area contributed by atoms with Crippen LogP contribution in [0.15, 0.2) is 47.6 Å². The Balaban J connectivity index is 1.74. The monoisotopic (exact) mass is 367 g/mol. The van der Waals surface area contributed by atoms with Crippen molar-refractivity contribution in [2.45, 2.75) is 45.3 Å². The van der Waals surface area contributed by atoms with Crippen molar-refractivity contribution in [2.24, 2.45) is 0 Å². The van der Waals surface area contributed by atoms with Gasteiger partial charge in [-0.3, -0.25) is 4.79 Å². The largest absolute Gasteiger partial charge is 0.325 e. The highest BCUT2D eigenvalue weighted by molar-refractivity contribution is 7.99. The van der Waals surface area contributed by atoms with Crippen molar-refractivity contribution in [1.82, 2.24) is 9.55 Å². The Kier molecular flexibility index (Phi) is 5.99. The Morgan fingerprint density at radius 2 is 1.73 bits per heavy atom. The zero-order valence-electron chi connectivity index (χ0n) is 15.6. The number of aryl methyl sites for hydroxylation is 3. The molecular weight excluding hydrogens is 342 g/mol. The Hall–Kier alpha value is -2.27. The molecule has 1 amide bonds. The van der Waals surface area contributed by atoms with Gasteiger partial charge in [0.2, 0.25) is 5.91 Å². The molecule has 1 aromatic heterocycles. The first kappa shape index (κ1) is 18.5. The minimum atomic E-state index is 0.0142. The Bertz CT molecular complexity index is 895. The van der Waals surface area contributed by atoms with E-state index in [0.717, 1.165) is 41.3 Å². The van der Waals surface area contributed by atoms with Crippen molar-refractivity contribution in [3.63, 3.8) is 0 Å². The average molecular weight is 368 g/mol. The molecule has 26 heavy (non-hydrogen) atoms. The van der Waals surface area contributed by atoms with Crippen LogP contribution < -0.4 is 5.32 Å². The summed E-state index contributed by atoms with van der Waals surface area (Å²) in [4.78, 5) is 17.2. The number of aromatic nitrogens is 2. The molecule has 4 nitrogen and oxygen atoms in total. The molecule has 1 N–H and O–H groups in total. The van der Waals surface area contributed by atoms with Gasteiger partial charge in [-0.25, -0.2) is 4.98 Å². The van der Waals surface area contributed by atoms with Gasteiger partial charge in [-0.1, -0.05) is 55.9 Å². The number of amides is 1. The number of carbonyl (C=O) groups is 1. The summed E-state index contributed by atoms with van der Waals surface area (Å²) in [5.41, 5.74) is 5.43. The number of hydrogen-bond donors (Lipinski definition) is 1. The molecule has 0 saturated heterocycles. The fraction of sp³-hybridized carbons (Fsp3) is 0.333. The summed E-state index contributed by atoms with van der Waals surface area (Å²) in [6.45, 7) is 7.16. The van der Waals surface area contributed by atoms with E-state index in [1.807, 2.05) is 18.2 Å². The highest BCUT2D eigenvalue weighted by Crippen LogP contribution is 2.26. The van der Waals surface area contributed by atoms with Crippen molar-refractivity contribution in [1.29, 1.82) is 0 Å². The number of imidazole rings is 1. The predicted octanol–water partition coefficient (Wildman–Crippen LogP) is 4.91. The van der Waals surface area contributed by atoms with E-state index in [1.54, 1.807) is 0 Å². The van der Waals surface area contributed by atoms with Crippen molar-refractivity contribution >= 4 is 34.4 Å². The van der Waals surface area contributed by atoms with Gasteiger partial charge in [-0.05, 0) is 43.0 Å². The predicted molar refractivity (Wildman–Crippen MR) is 110 cm³/mol. The molecule has 0 fully saturated rings. The highest BCUT2D eigenvalue weighted by atomic mass is 32.2. The Morgan fingerprint density at radius 1 is 1.04 bits per heavy atom. The van der Waals surface area contributed by atoms with Gasteiger partial charge >= 0.3 is 0 Å². The topological polar surface area (TPSA) is 46.9 Å². The molecule has 136 valence electrons. The third-order valence-electron chi connectivity index (χ3n) is 4.53. The Morgan fingerprint density at radius 3 is 2.38 bits per heavy atom. The summed E-state index contributed by atoms with van der Waals surface area (Å²) in [6.07, 6.45) is 1.81. The zero-order valence-corrected chi connectivity index (χ0v) is 16.4. The first-order chi connectivity index (χ1) is 12.7. The summed E-state index contributed by atoms with van der Waals surface area (Å²) in [7, 11) is 0. The SMILES string of the molecule is CCc1cccc(CC)c1NC(=O)CSc1nc2ccccc2n1CC. The minimum absolute atomic E-state index is 0.0142. The van der Waals surface area contributed by atoms with Crippen LogP contribution in [0.5, 0.6) is 0 Å². The van der Waals surface area contributed by atoms with Crippen LogP contribution in [0.2, 0.25) is 0 Å². The molecule has 0 spiro atoms. The van der Waals surface area contributed by atoms with Gasteiger partial charge < -0.3 is 9.88 Å². The lowest BCUT2D eigenvalue weighted by molar-refractivity contribution is -0.113. The second-order valence-electron chi connectivity index (χ2n) is 6.12. The first-order valence-corrected chi connectivity index (χ1v) is 10.1. The molecule has 3 rings (SSSR count). The molecule has 5 heteroatoms. The number of rotatable bonds is 7. The first-order valence-electron chi connectivity index (χ1n) is 9.16. The normalized spacial score (nSPS) is 11.0. The smallest absolute Gasteiger partial charge is 0.234 e. The van der Waals surface area contributed by atoms with Crippen molar-refractivity contribution in [3.8, 4) is 0 Å². The lowest BCUT2D eigenvalue weighted by Gasteiger charge is -2.14. The number of hydrogen-bond acceptors (Lipinski definition) is 3. The van der Waals surface area contributed by atoms with Crippen LogP contribution >= 0.6 is 11.8 Å². The van der Waals surface area contributed by atoms with Crippen LogP contribution in [0, 0.1) is 0 Å². The number of para-hydroxylation sites is 3. The van der Waals surface area contributed by atoms with Crippen LogP contribution in [-0.4, -0.2) is 21.2 Å². The number of carbonyl (C=O) groups excluding carboxylic acids is 1. The van der Waals surface area contributed by atoms with E-state index in [0.29, 0.717) is 5.75 Å². The van der Waals surface area contributed by atoms with E-state index < -0.39 is 0 Å². The molecule has 1 heterocycles. The maximum absolute atomic E-state index is 12.6. The lowest BCUT2D eigenvalue weighted by Crippen LogP contribution is -2.17. The number of nitrogens with zero attached hydrogens (tertiary/aromatic N) is 2. The molecule has 2 aromatic carbocycles. The zero-order chi connectivity index (χ0) is 18.5. The molecule has 0 aliphatic carbocycles. The quantitative estimate of drug-likeness (QED) is 0.604. The molecule has 0 atom stereocenters. The standard InChI is InChI=1S/C21H25N3OS/c1-4-15-10-9-11-16(5-2)20(15)23-19(25)14-26-21-22-17-12-7-8-13-18(17)24(21)6-3/h7-13H,4-6,14H2,1-3H3,(H,23,25). The van der Waals surface area contributed by atoms with Crippen molar-refractivity contribution in [2.75, 3.05) is 11.1 Å². The fourth-order valence-corrected chi connectivity index (χ4v) is 4.06. The number of nitrogens with one attached hydrogen (secondary N) is 1. The average Bonchev–Trinajstić information content (AvgIpc) is 3.04. The third kappa shape index (κ3) is 3.78. The van der Waals surface area contributed by atoms with Crippen LogP contribution in [0.3, 0.4) is 0 Å².